The molecule has 11 rings (SSSR count). The summed E-state index contributed by atoms with van der Waals surface area (Å²) in [7, 11) is 0. The van der Waals surface area contributed by atoms with Crippen molar-refractivity contribution in [3.63, 3.8) is 0 Å². The second kappa shape index (κ2) is 9.77. The van der Waals surface area contributed by atoms with Crippen molar-refractivity contribution >= 4 is 76.0 Å². The zero-order chi connectivity index (χ0) is 35.3. The molecule has 0 saturated carbocycles. The van der Waals surface area contributed by atoms with Crippen molar-refractivity contribution in [2.75, 3.05) is 11.5 Å². The van der Waals surface area contributed by atoms with E-state index in [0.29, 0.717) is 33.6 Å². The molecule has 0 fully saturated rings. The van der Waals surface area contributed by atoms with Crippen LogP contribution in [-0.2, 0) is 11.2 Å². The molecular weight excluding hydrogens is 637 g/mol. The van der Waals surface area contributed by atoms with Crippen LogP contribution in [0, 0.1) is 6.92 Å². The van der Waals surface area contributed by atoms with Crippen LogP contribution in [-0.4, -0.2) is 10.2 Å². The molecule has 0 amide bonds. The van der Waals surface area contributed by atoms with Crippen molar-refractivity contribution in [3.05, 3.63) is 167 Å². The lowest BCUT2D eigenvalue weighted by atomic mass is 9.65. The van der Waals surface area contributed by atoms with E-state index in [1.54, 1.807) is 0 Å². The maximum atomic E-state index is 13.0. The summed E-state index contributed by atoms with van der Waals surface area (Å²) in [5.74, 6) is 0. The lowest BCUT2D eigenvalue weighted by Gasteiger charge is -2.43. The highest BCUT2D eigenvalue weighted by Gasteiger charge is 2.48. The number of hydrogen-bond donors (Lipinski definition) is 4. The van der Waals surface area contributed by atoms with Gasteiger partial charge in [0, 0.05) is 22.5 Å². The maximum absolute atomic E-state index is 13.0. The van der Waals surface area contributed by atoms with E-state index in [1.165, 1.54) is 27.1 Å². The Kier molecular flexibility index (Phi) is 5.55. The fourth-order valence-electron chi connectivity index (χ4n) is 9.80. The van der Waals surface area contributed by atoms with Crippen molar-refractivity contribution < 1.29 is 10.2 Å². The Bertz CT molecular complexity index is 3070. The third kappa shape index (κ3) is 3.58. The summed E-state index contributed by atoms with van der Waals surface area (Å²) < 4.78 is 0. The second-order valence-corrected chi connectivity index (χ2v) is 15.0. The van der Waals surface area contributed by atoms with Gasteiger partial charge in [-0.3, -0.25) is 0 Å². The summed E-state index contributed by atoms with van der Waals surface area (Å²) in [6.07, 6.45) is 0. The molecule has 0 radical (unpaired) electrons. The first kappa shape index (κ1) is 29.5. The topological polar surface area (TPSA) is 92.5 Å². The molecule has 0 aromatic heterocycles. The molecule has 10 aromatic carbocycles. The van der Waals surface area contributed by atoms with Crippen molar-refractivity contribution in [1.82, 2.24) is 0 Å². The highest BCUT2D eigenvalue weighted by atomic mass is 16.3. The van der Waals surface area contributed by atoms with Crippen LogP contribution in [0.1, 0.15) is 40.3 Å². The molecule has 0 atom stereocenters. The Morgan fingerprint density at radius 1 is 0.442 bits per heavy atom. The molecule has 10 aromatic rings. The van der Waals surface area contributed by atoms with E-state index >= 15 is 0 Å². The summed E-state index contributed by atoms with van der Waals surface area (Å²) >= 11 is 0. The number of benzene rings is 10. The Hall–Kier alpha value is -6.20. The van der Waals surface area contributed by atoms with Crippen LogP contribution >= 0.6 is 0 Å². The van der Waals surface area contributed by atoms with E-state index in [1.807, 2.05) is 55.5 Å². The third-order valence-electron chi connectivity index (χ3n) is 12.0. The Morgan fingerprint density at radius 2 is 0.808 bits per heavy atom. The van der Waals surface area contributed by atoms with Crippen molar-refractivity contribution in [1.29, 1.82) is 0 Å². The zero-order valence-electron chi connectivity index (χ0n) is 28.8. The SMILES string of the molecule is Cc1cc2ccc3cc(N)c(-c4c(N)cc5ccc6cc(C7(O)c8ccccc8C(C)(O)c8ccccc87)cc7ccc4c5c67)c4ccc(c1)c2c34. The number of nitrogen functional groups attached to an aromatic ring is 2. The minimum Gasteiger partial charge on any atom is -0.398 e. The maximum Gasteiger partial charge on any atom is 0.141 e. The number of nitrogens with two attached hydrogens (primary N) is 2. The number of aliphatic hydroxyl groups is 2. The molecule has 0 heterocycles. The van der Waals surface area contributed by atoms with Crippen LogP contribution in [0.15, 0.2) is 133 Å². The first-order chi connectivity index (χ1) is 25.1. The highest BCUT2D eigenvalue weighted by Crippen LogP contribution is 2.53. The quantitative estimate of drug-likeness (QED) is 0.109. The lowest BCUT2D eigenvalue weighted by Crippen LogP contribution is -2.42. The van der Waals surface area contributed by atoms with Crippen molar-refractivity contribution in [3.8, 4) is 11.1 Å². The third-order valence-corrected chi connectivity index (χ3v) is 12.0. The highest BCUT2D eigenvalue weighted by molar-refractivity contribution is 6.32. The fourth-order valence-corrected chi connectivity index (χ4v) is 9.80. The molecule has 52 heavy (non-hydrogen) atoms. The van der Waals surface area contributed by atoms with Crippen LogP contribution in [0.3, 0.4) is 0 Å². The molecule has 4 nitrogen and oxygen atoms in total. The summed E-state index contributed by atoms with van der Waals surface area (Å²) in [4.78, 5) is 0. The Labute approximate surface area is 299 Å². The van der Waals surface area contributed by atoms with Gasteiger partial charge in [0.2, 0.25) is 0 Å². The van der Waals surface area contributed by atoms with Crippen LogP contribution in [0.5, 0.6) is 0 Å². The van der Waals surface area contributed by atoms with Gasteiger partial charge in [0.1, 0.15) is 11.2 Å². The van der Waals surface area contributed by atoms with E-state index in [9.17, 15) is 10.2 Å². The van der Waals surface area contributed by atoms with Crippen LogP contribution < -0.4 is 11.5 Å². The summed E-state index contributed by atoms with van der Waals surface area (Å²) in [5, 5.41) is 38.3. The van der Waals surface area contributed by atoms with E-state index in [4.69, 9.17) is 11.5 Å². The van der Waals surface area contributed by atoms with Gasteiger partial charge in [-0.05, 0) is 136 Å². The molecular formula is C48H34N2O2. The minimum absolute atomic E-state index is 0.681. The van der Waals surface area contributed by atoms with E-state index in [0.717, 1.165) is 59.8 Å². The second-order valence-electron chi connectivity index (χ2n) is 15.0. The molecule has 0 spiro atoms. The van der Waals surface area contributed by atoms with Crippen LogP contribution in [0.2, 0.25) is 0 Å². The van der Waals surface area contributed by atoms with Crippen LogP contribution in [0.25, 0.3) is 75.8 Å². The number of hydrogen-bond acceptors (Lipinski definition) is 4. The van der Waals surface area contributed by atoms with Gasteiger partial charge in [0.15, 0.2) is 0 Å². The molecule has 0 bridgehead atoms. The Balaban J connectivity index is 1.20. The number of anilines is 2. The lowest BCUT2D eigenvalue weighted by molar-refractivity contribution is 0.0616. The minimum atomic E-state index is -1.48. The van der Waals surface area contributed by atoms with Gasteiger partial charge < -0.3 is 21.7 Å². The molecule has 1 aliphatic carbocycles. The van der Waals surface area contributed by atoms with Gasteiger partial charge in [-0.25, -0.2) is 0 Å². The van der Waals surface area contributed by atoms with Gasteiger partial charge in [0.05, 0.1) is 0 Å². The fraction of sp³-hybridized carbons (Fsp3) is 0.0833. The predicted molar refractivity (Wildman–Crippen MR) is 217 cm³/mol. The molecule has 4 heteroatoms. The summed E-state index contributed by atoms with van der Waals surface area (Å²) in [6, 6.07) is 45.6. The normalized spacial score (nSPS) is 18.7. The largest absolute Gasteiger partial charge is 0.398 e. The molecule has 6 N–H and O–H groups in total. The van der Waals surface area contributed by atoms with Crippen LogP contribution in [0.4, 0.5) is 11.4 Å². The molecule has 0 aliphatic heterocycles. The number of aryl methyl sites for hydroxylation is 1. The van der Waals surface area contributed by atoms with Crippen molar-refractivity contribution in [2.24, 2.45) is 0 Å². The average Bonchev–Trinajstić information content (AvgIpc) is 3.15. The summed E-state index contributed by atoms with van der Waals surface area (Å²) in [6.45, 7) is 3.95. The number of fused-ring (bicyclic) bond motifs is 2. The zero-order valence-corrected chi connectivity index (χ0v) is 28.8. The van der Waals surface area contributed by atoms with Gasteiger partial charge in [-0.1, -0.05) is 109 Å². The smallest absolute Gasteiger partial charge is 0.141 e. The first-order valence-electron chi connectivity index (χ1n) is 17.8. The van der Waals surface area contributed by atoms with E-state index < -0.39 is 11.2 Å². The van der Waals surface area contributed by atoms with Crippen molar-refractivity contribution in [2.45, 2.75) is 25.0 Å². The van der Waals surface area contributed by atoms with E-state index in [2.05, 4.69) is 91.9 Å². The van der Waals surface area contributed by atoms with E-state index in [-0.39, 0.29) is 0 Å². The molecule has 0 saturated heterocycles. The van der Waals surface area contributed by atoms with Gasteiger partial charge in [0.25, 0.3) is 0 Å². The van der Waals surface area contributed by atoms with Gasteiger partial charge in [-0.2, -0.15) is 0 Å². The van der Waals surface area contributed by atoms with Gasteiger partial charge in [-0.15, -0.1) is 0 Å². The summed E-state index contributed by atoms with van der Waals surface area (Å²) in [5.41, 5.74) is 19.3. The standard InChI is InChI=1S/C48H34N2O2/c1-25-19-26-11-13-30-23-39(49)45(33-17-15-27(20-25)41(26)43(30)33)46-34-18-16-29-22-32(21-28-12-14-31(24-40(46)50)44(34)42(28)29)48(52)37-9-5-3-7-35(37)47(2,51)36-8-4-6-10-38(36)48/h3-24,51-52H,49-50H2,1-2H3. The molecule has 248 valence electrons. The first-order valence-corrected chi connectivity index (χ1v) is 17.8. The Morgan fingerprint density at radius 3 is 1.25 bits per heavy atom. The molecule has 0 unspecified atom stereocenters. The monoisotopic (exact) mass is 670 g/mol. The van der Waals surface area contributed by atoms with Gasteiger partial charge >= 0.3 is 0 Å². The average molecular weight is 671 g/mol. The predicted octanol–water partition coefficient (Wildman–Crippen LogP) is 10.5. The molecule has 1 aliphatic rings. The number of rotatable bonds is 2.